The summed E-state index contributed by atoms with van der Waals surface area (Å²) in [6.45, 7) is 2.28. The van der Waals surface area contributed by atoms with Crippen LogP contribution in [0.4, 0.5) is 5.69 Å². The van der Waals surface area contributed by atoms with E-state index in [4.69, 9.17) is 11.6 Å². The van der Waals surface area contributed by atoms with E-state index in [2.05, 4.69) is 5.32 Å². The van der Waals surface area contributed by atoms with Gasteiger partial charge in [-0.05, 0) is 36.6 Å². The van der Waals surface area contributed by atoms with Gasteiger partial charge in [0.1, 0.15) is 6.29 Å². The molecule has 0 aliphatic carbocycles. The van der Waals surface area contributed by atoms with Gasteiger partial charge in [0.05, 0.1) is 17.4 Å². The molecule has 1 aliphatic heterocycles. The molecule has 0 saturated heterocycles. The van der Waals surface area contributed by atoms with Crippen molar-refractivity contribution in [1.29, 1.82) is 0 Å². The Hall–Kier alpha value is -3.65. The van der Waals surface area contributed by atoms with Crippen LogP contribution in [0, 0.1) is 6.92 Å². The molecule has 31 heavy (non-hydrogen) atoms. The third kappa shape index (κ3) is 4.75. The Morgan fingerprint density at radius 1 is 1.29 bits per heavy atom. The zero-order chi connectivity index (χ0) is 22.5. The lowest BCUT2D eigenvalue weighted by Gasteiger charge is -2.22. The second-order valence-corrected chi connectivity index (χ2v) is 7.50. The Labute approximate surface area is 181 Å². The van der Waals surface area contributed by atoms with Gasteiger partial charge >= 0.3 is 0 Å². The fourth-order valence-corrected chi connectivity index (χ4v) is 3.63. The summed E-state index contributed by atoms with van der Waals surface area (Å²) < 4.78 is 0. The molecule has 0 radical (unpaired) electrons. The van der Waals surface area contributed by atoms with E-state index in [1.165, 1.54) is 17.0 Å². The predicted molar refractivity (Wildman–Crippen MR) is 119 cm³/mol. The number of nitrogens with one attached hydrogen (secondary N) is 1. The highest BCUT2D eigenvalue weighted by Gasteiger charge is 2.33. The Kier molecular flexibility index (Phi) is 6.71. The van der Waals surface area contributed by atoms with Crippen molar-refractivity contribution >= 4 is 29.5 Å². The van der Waals surface area contributed by atoms with E-state index in [0.717, 1.165) is 16.7 Å². The van der Waals surface area contributed by atoms with Crippen molar-refractivity contribution in [1.82, 2.24) is 10.2 Å². The molecular weight excluding hydrogens is 394 g/mol. The molecule has 0 spiro atoms. The second kappa shape index (κ2) is 9.44. The number of benzene rings is 2. The number of carbonyl (C=O) groups is 3. The van der Waals surface area contributed by atoms with E-state index in [0.29, 0.717) is 29.8 Å². The molecule has 162 valence electrons. The average Bonchev–Trinajstić information content (AvgIpc) is 3.10. The van der Waals surface area contributed by atoms with Crippen molar-refractivity contribution in [3.63, 3.8) is 0 Å². The molecule has 2 aromatic rings. The highest BCUT2D eigenvalue weighted by atomic mass is 16.2. The van der Waals surface area contributed by atoms with Crippen molar-refractivity contribution in [3.8, 4) is 0 Å². The Morgan fingerprint density at radius 3 is 2.71 bits per heavy atom. The quantitative estimate of drug-likeness (QED) is 0.339. The van der Waals surface area contributed by atoms with Gasteiger partial charge in [-0.15, -0.1) is 0 Å². The third-order valence-electron chi connectivity index (χ3n) is 5.46. The van der Waals surface area contributed by atoms with Crippen LogP contribution in [0.2, 0.25) is 0 Å². The summed E-state index contributed by atoms with van der Waals surface area (Å²) in [7, 11) is 1.54. The van der Waals surface area contributed by atoms with Crippen LogP contribution in [0.15, 0.2) is 48.7 Å². The zero-order valence-electron chi connectivity index (χ0n) is 17.7. The highest BCUT2D eigenvalue weighted by Crippen LogP contribution is 2.29. The van der Waals surface area contributed by atoms with Gasteiger partial charge in [0.2, 0.25) is 5.91 Å². The largest absolute Gasteiger partial charge is 0.397 e. The van der Waals surface area contributed by atoms with Crippen molar-refractivity contribution in [3.05, 3.63) is 70.9 Å². The first-order valence-electron chi connectivity index (χ1n) is 10.0. The number of hydrogen-bond acceptors (Lipinski definition) is 6. The number of nitrogens with zero attached hydrogens (tertiary/aromatic N) is 2. The second-order valence-electron chi connectivity index (χ2n) is 7.50. The van der Waals surface area contributed by atoms with Crippen molar-refractivity contribution in [2.75, 3.05) is 12.1 Å². The van der Waals surface area contributed by atoms with E-state index in [-0.39, 0.29) is 24.7 Å². The molecular formula is C23H27N5O3. The lowest BCUT2D eigenvalue weighted by atomic mass is 10.1. The van der Waals surface area contributed by atoms with Gasteiger partial charge < -0.3 is 20.7 Å². The van der Waals surface area contributed by atoms with Crippen LogP contribution in [-0.4, -0.2) is 36.1 Å². The molecule has 8 nitrogen and oxygen atoms in total. The maximum atomic E-state index is 12.9. The smallest absolute Gasteiger partial charge is 0.255 e. The Bertz CT molecular complexity index is 1030. The zero-order valence-corrected chi connectivity index (χ0v) is 17.7. The van der Waals surface area contributed by atoms with Crippen LogP contribution in [0.5, 0.6) is 0 Å². The van der Waals surface area contributed by atoms with Crippen molar-refractivity contribution in [2.45, 2.75) is 32.4 Å². The van der Waals surface area contributed by atoms with Crippen LogP contribution in [0.3, 0.4) is 0 Å². The number of carbonyl (C=O) groups excluding carboxylic acids is 3. The third-order valence-corrected chi connectivity index (χ3v) is 5.46. The number of rotatable bonds is 8. The molecule has 0 saturated carbocycles. The van der Waals surface area contributed by atoms with Gasteiger partial charge in [0.15, 0.2) is 0 Å². The van der Waals surface area contributed by atoms with Crippen LogP contribution >= 0.6 is 0 Å². The summed E-state index contributed by atoms with van der Waals surface area (Å²) in [6, 6.07) is 12.4. The summed E-state index contributed by atoms with van der Waals surface area (Å²) in [5.74, 6) is 5.77. The molecule has 1 unspecified atom stereocenters. The summed E-state index contributed by atoms with van der Waals surface area (Å²) >= 11 is 0. The maximum Gasteiger partial charge on any atom is 0.255 e. The average molecular weight is 422 g/mol. The normalized spacial score (nSPS) is 14.2. The van der Waals surface area contributed by atoms with E-state index < -0.39 is 6.04 Å². The molecule has 1 heterocycles. The first-order valence-corrected chi connectivity index (χ1v) is 10.0. The van der Waals surface area contributed by atoms with E-state index >= 15 is 0 Å². The molecule has 0 fully saturated rings. The Morgan fingerprint density at radius 2 is 2.03 bits per heavy atom. The van der Waals surface area contributed by atoms with Gasteiger partial charge in [-0.25, -0.2) is 5.84 Å². The van der Waals surface area contributed by atoms with Crippen LogP contribution in [-0.2, 0) is 16.1 Å². The molecule has 2 aromatic carbocycles. The number of nitrogens with two attached hydrogens (primary N) is 2. The molecule has 5 N–H and O–H groups in total. The summed E-state index contributed by atoms with van der Waals surface area (Å²) in [4.78, 5) is 37.5. The standard InChI is InChI=1S/C23H27N5O3/c1-15-5-3-4-6-19(15)21(24)13-28(25)17-8-7-16-12-27(23(31)20(16)11-17)18(14-29)9-10-22(30)26-2/h3-8,11,13-14,18H,9-10,12,24-25H2,1-2H3,(H,26,30)/b21-13-. The number of hydrazine groups is 1. The fourth-order valence-electron chi connectivity index (χ4n) is 3.63. The topological polar surface area (TPSA) is 122 Å². The van der Waals surface area contributed by atoms with Gasteiger partial charge in [0.25, 0.3) is 5.91 Å². The molecule has 3 rings (SSSR count). The minimum absolute atomic E-state index is 0.171. The number of hydrogen-bond donors (Lipinski definition) is 3. The minimum Gasteiger partial charge on any atom is -0.397 e. The van der Waals surface area contributed by atoms with E-state index in [1.807, 2.05) is 37.3 Å². The molecule has 2 amide bonds. The van der Waals surface area contributed by atoms with E-state index in [1.54, 1.807) is 18.3 Å². The number of anilines is 1. The number of aryl methyl sites for hydroxylation is 1. The lowest BCUT2D eigenvalue weighted by molar-refractivity contribution is -0.121. The summed E-state index contributed by atoms with van der Waals surface area (Å²) in [6.07, 6.45) is 2.77. The molecule has 0 bridgehead atoms. The number of aldehydes is 1. The maximum absolute atomic E-state index is 12.9. The van der Waals surface area contributed by atoms with Gasteiger partial charge in [-0.1, -0.05) is 30.3 Å². The molecule has 0 aromatic heterocycles. The van der Waals surface area contributed by atoms with Crippen LogP contribution in [0.25, 0.3) is 5.70 Å². The summed E-state index contributed by atoms with van der Waals surface area (Å²) in [5, 5.41) is 3.90. The first-order chi connectivity index (χ1) is 14.8. The summed E-state index contributed by atoms with van der Waals surface area (Å²) in [5.41, 5.74) is 10.5. The van der Waals surface area contributed by atoms with Gasteiger partial charge in [-0.2, -0.15) is 0 Å². The number of amides is 2. The van der Waals surface area contributed by atoms with Gasteiger partial charge in [-0.3, -0.25) is 14.6 Å². The monoisotopic (exact) mass is 421 g/mol. The Balaban J connectivity index is 1.78. The lowest BCUT2D eigenvalue weighted by Crippen LogP contribution is -2.37. The van der Waals surface area contributed by atoms with Crippen LogP contribution in [0.1, 0.15) is 39.9 Å². The molecule has 8 heteroatoms. The van der Waals surface area contributed by atoms with Gasteiger partial charge in [0, 0.05) is 37.3 Å². The van der Waals surface area contributed by atoms with Crippen molar-refractivity contribution < 1.29 is 14.4 Å². The van der Waals surface area contributed by atoms with Crippen LogP contribution < -0.4 is 21.9 Å². The predicted octanol–water partition coefficient (Wildman–Crippen LogP) is 1.68. The van der Waals surface area contributed by atoms with E-state index in [9.17, 15) is 14.4 Å². The number of fused-ring (bicyclic) bond motifs is 1. The minimum atomic E-state index is -0.661. The first kappa shape index (κ1) is 22.0. The highest BCUT2D eigenvalue weighted by molar-refractivity contribution is 6.00. The SMILES string of the molecule is CNC(=O)CCC(C=O)N1Cc2ccc(N(N)/C=C(\N)c3ccccc3C)cc2C1=O. The molecule has 1 atom stereocenters. The van der Waals surface area contributed by atoms with Crippen molar-refractivity contribution in [2.24, 2.45) is 11.6 Å². The fraction of sp³-hybridized carbons (Fsp3) is 0.261. The molecule has 1 aliphatic rings.